The molecule has 2 heterocycles. The maximum atomic E-state index is 5.69. The predicted octanol–water partition coefficient (Wildman–Crippen LogP) is 0.0756. The van der Waals surface area contributed by atoms with Gasteiger partial charge < -0.3 is 15.5 Å². The normalized spacial score (nSPS) is 22.4. The lowest BCUT2D eigenvalue weighted by Gasteiger charge is -2.39. The van der Waals surface area contributed by atoms with Crippen LogP contribution in [-0.2, 0) is 6.54 Å². The molecule has 1 saturated heterocycles. The Kier molecular flexibility index (Phi) is 3.36. The average Bonchev–Trinajstić information content (AvgIpc) is 2.29. The quantitative estimate of drug-likeness (QED) is 0.766. The van der Waals surface area contributed by atoms with Crippen LogP contribution in [0, 0.1) is 0 Å². The van der Waals surface area contributed by atoms with Gasteiger partial charge in [-0.3, -0.25) is 4.98 Å². The smallest absolute Gasteiger partial charge is 0.151 e. The van der Waals surface area contributed by atoms with Crippen molar-refractivity contribution in [3.05, 3.63) is 18.1 Å². The van der Waals surface area contributed by atoms with Gasteiger partial charge in [0.05, 0.1) is 5.69 Å². The number of rotatable bonds is 2. The van der Waals surface area contributed by atoms with Crippen LogP contribution in [0.4, 0.5) is 5.82 Å². The Morgan fingerprint density at radius 3 is 2.81 bits per heavy atom. The third-order valence-electron chi connectivity index (χ3n) is 3.05. The number of likely N-dealkylation sites (N-methyl/N-ethyl adjacent to an activating group) is 1. The number of anilines is 1. The summed E-state index contributed by atoms with van der Waals surface area (Å²) in [6, 6.07) is 0.459. The van der Waals surface area contributed by atoms with E-state index in [4.69, 9.17) is 5.73 Å². The van der Waals surface area contributed by atoms with E-state index in [1.807, 2.05) is 0 Å². The summed E-state index contributed by atoms with van der Waals surface area (Å²) in [6.45, 7) is 5.77. The van der Waals surface area contributed by atoms with E-state index in [-0.39, 0.29) is 0 Å². The summed E-state index contributed by atoms with van der Waals surface area (Å²) in [4.78, 5) is 13.3. The summed E-state index contributed by atoms with van der Waals surface area (Å²) >= 11 is 0. The topological polar surface area (TPSA) is 58.3 Å². The van der Waals surface area contributed by atoms with Crippen LogP contribution in [0.5, 0.6) is 0 Å². The van der Waals surface area contributed by atoms with Crippen LogP contribution < -0.4 is 10.6 Å². The zero-order chi connectivity index (χ0) is 11.5. The molecule has 2 rings (SSSR count). The van der Waals surface area contributed by atoms with Gasteiger partial charge in [-0.1, -0.05) is 0 Å². The van der Waals surface area contributed by atoms with E-state index in [1.165, 1.54) is 0 Å². The molecule has 88 valence electrons. The lowest BCUT2D eigenvalue weighted by atomic mass is 10.2. The number of hydrogen-bond donors (Lipinski definition) is 1. The van der Waals surface area contributed by atoms with Gasteiger partial charge in [0.25, 0.3) is 0 Å². The van der Waals surface area contributed by atoms with Crippen molar-refractivity contribution in [2.45, 2.75) is 19.5 Å². The van der Waals surface area contributed by atoms with E-state index < -0.39 is 0 Å². The van der Waals surface area contributed by atoms with Gasteiger partial charge in [-0.25, -0.2) is 4.98 Å². The number of piperazine rings is 1. The fraction of sp³-hybridized carbons (Fsp3) is 0.636. The molecule has 1 fully saturated rings. The molecular formula is C11H19N5. The summed E-state index contributed by atoms with van der Waals surface area (Å²) < 4.78 is 0. The van der Waals surface area contributed by atoms with Crippen LogP contribution in [0.2, 0.25) is 0 Å². The molecular weight excluding hydrogens is 202 g/mol. The number of nitrogens with two attached hydrogens (primary N) is 1. The number of hydrogen-bond acceptors (Lipinski definition) is 5. The molecule has 1 aliphatic rings. The first kappa shape index (κ1) is 11.3. The third kappa shape index (κ3) is 2.15. The average molecular weight is 221 g/mol. The summed E-state index contributed by atoms with van der Waals surface area (Å²) in [6.07, 6.45) is 3.44. The molecule has 2 N–H and O–H groups in total. The first-order valence-electron chi connectivity index (χ1n) is 5.67. The Bertz CT molecular complexity index is 354. The lowest BCUT2D eigenvalue weighted by Crippen LogP contribution is -2.51. The van der Waals surface area contributed by atoms with Gasteiger partial charge in [0.15, 0.2) is 5.82 Å². The van der Waals surface area contributed by atoms with Crippen molar-refractivity contribution in [3.63, 3.8) is 0 Å². The van der Waals surface area contributed by atoms with E-state index in [1.54, 1.807) is 12.4 Å². The van der Waals surface area contributed by atoms with E-state index >= 15 is 0 Å². The molecule has 1 aliphatic heterocycles. The Labute approximate surface area is 96.3 Å². The van der Waals surface area contributed by atoms with Gasteiger partial charge in [-0.15, -0.1) is 0 Å². The summed E-state index contributed by atoms with van der Waals surface area (Å²) in [7, 11) is 2.15. The van der Waals surface area contributed by atoms with Gasteiger partial charge >= 0.3 is 0 Å². The maximum absolute atomic E-state index is 5.69. The van der Waals surface area contributed by atoms with E-state index in [0.29, 0.717) is 12.6 Å². The zero-order valence-electron chi connectivity index (χ0n) is 9.93. The zero-order valence-corrected chi connectivity index (χ0v) is 9.93. The highest BCUT2D eigenvalue weighted by atomic mass is 15.3. The maximum Gasteiger partial charge on any atom is 0.151 e. The minimum absolute atomic E-state index is 0.447. The Morgan fingerprint density at radius 2 is 2.12 bits per heavy atom. The first-order valence-corrected chi connectivity index (χ1v) is 5.67. The highest BCUT2D eigenvalue weighted by Gasteiger charge is 2.24. The van der Waals surface area contributed by atoms with Crippen LogP contribution >= 0.6 is 0 Å². The van der Waals surface area contributed by atoms with Crippen molar-refractivity contribution in [2.24, 2.45) is 5.73 Å². The van der Waals surface area contributed by atoms with Gasteiger partial charge in [0.1, 0.15) is 0 Å². The van der Waals surface area contributed by atoms with Gasteiger partial charge in [0.2, 0.25) is 0 Å². The van der Waals surface area contributed by atoms with Crippen LogP contribution in [0.1, 0.15) is 12.6 Å². The molecule has 1 unspecified atom stereocenters. The van der Waals surface area contributed by atoms with Crippen molar-refractivity contribution in [3.8, 4) is 0 Å². The Hall–Kier alpha value is -1.20. The summed E-state index contributed by atoms with van der Waals surface area (Å²) in [5, 5.41) is 0. The Balaban J connectivity index is 2.23. The van der Waals surface area contributed by atoms with Crippen molar-refractivity contribution >= 4 is 5.82 Å². The van der Waals surface area contributed by atoms with Crippen LogP contribution in [0.15, 0.2) is 12.4 Å². The summed E-state index contributed by atoms with van der Waals surface area (Å²) in [5.41, 5.74) is 6.58. The lowest BCUT2D eigenvalue weighted by molar-refractivity contribution is 0.274. The fourth-order valence-electron chi connectivity index (χ4n) is 2.20. The molecule has 5 heteroatoms. The monoisotopic (exact) mass is 221 g/mol. The van der Waals surface area contributed by atoms with Crippen molar-refractivity contribution in [1.29, 1.82) is 0 Å². The molecule has 1 aromatic rings. The second kappa shape index (κ2) is 4.76. The van der Waals surface area contributed by atoms with Gasteiger partial charge in [0, 0.05) is 44.6 Å². The van der Waals surface area contributed by atoms with Crippen molar-refractivity contribution in [2.75, 3.05) is 31.6 Å². The molecule has 5 nitrogen and oxygen atoms in total. The SMILES string of the molecule is CC1CN(C)CCN1c1nccnc1CN. The van der Waals surface area contributed by atoms with Crippen LogP contribution in [0.25, 0.3) is 0 Å². The van der Waals surface area contributed by atoms with E-state index in [0.717, 1.165) is 31.1 Å². The number of nitrogens with zero attached hydrogens (tertiary/aromatic N) is 4. The molecule has 0 aliphatic carbocycles. The molecule has 16 heavy (non-hydrogen) atoms. The second-order valence-electron chi connectivity index (χ2n) is 4.34. The molecule has 1 atom stereocenters. The highest BCUT2D eigenvalue weighted by Crippen LogP contribution is 2.19. The number of aromatic nitrogens is 2. The van der Waals surface area contributed by atoms with Gasteiger partial charge in [-0.05, 0) is 14.0 Å². The van der Waals surface area contributed by atoms with E-state index in [9.17, 15) is 0 Å². The third-order valence-corrected chi connectivity index (χ3v) is 3.05. The first-order chi connectivity index (χ1) is 7.72. The Morgan fingerprint density at radius 1 is 1.38 bits per heavy atom. The van der Waals surface area contributed by atoms with Crippen LogP contribution in [0.3, 0.4) is 0 Å². The largest absolute Gasteiger partial charge is 0.350 e. The van der Waals surface area contributed by atoms with Crippen LogP contribution in [-0.4, -0.2) is 47.6 Å². The van der Waals surface area contributed by atoms with E-state index in [2.05, 4.69) is 33.7 Å². The molecule has 0 bridgehead atoms. The molecule has 1 aromatic heterocycles. The second-order valence-corrected chi connectivity index (χ2v) is 4.34. The van der Waals surface area contributed by atoms with Gasteiger partial charge in [-0.2, -0.15) is 0 Å². The van der Waals surface area contributed by atoms with Crippen molar-refractivity contribution < 1.29 is 0 Å². The molecule has 0 radical (unpaired) electrons. The summed E-state index contributed by atoms with van der Waals surface area (Å²) in [5.74, 6) is 0.950. The predicted molar refractivity (Wildman–Crippen MR) is 64.2 cm³/mol. The molecule has 0 spiro atoms. The highest BCUT2D eigenvalue weighted by molar-refractivity contribution is 5.44. The molecule has 0 saturated carbocycles. The molecule has 0 aromatic carbocycles. The fourth-order valence-corrected chi connectivity index (χ4v) is 2.20. The van der Waals surface area contributed by atoms with Crippen molar-refractivity contribution in [1.82, 2.24) is 14.9 Å². The standard InChI is InChI=1S/C11H19N5/c1-9-8-15(2)5-6-16(9)11-10(7-12)13-3-4-14-11/h3-4,9H,5-8,12H2,1-2H3. The minimum Gasteiger partial charge on any atom is -0.350 e. The minimum atomic E-state index is 0.447. The molecule has 0 amide bonds.